The fourth-order valence-electron chi connectivity index (χ4n) is 2.65. The molecule has 1 aromatic heterocycles. The van der Waals surface area contributed by atoms with E-state index in [2.05, 4.69) is 17.1 Å². The minimum Gasteiger partial charge on any atom is -0.494 e. The summed E-state index contributed by atoms with van der Waals surface area (Å²) in [6.45, 7) is 0. The second-order valence-electron chi connectivity index (χ2n) is 4.80. The number of ether oxygens (including phenoxy) is 1. The highest BCUT2D eigenvalue weighted by Gasteiger charge is 2.28. The molecule has 19 heavy (non-hydrogen) atoms. The van der Waals surface area contributed by atoms with Crippen molar-refractivity contribution in [2.45, 2.75) is 18.8 Å². The topological polar surface area (TPSA) is 39.2 Å². The molecule has 0 amide bonds. The number of carbonyl (C=O) groups excluding carboxylic acids is 1. The number of fused-ring (bicyclic) bond motifs is 1. The summed E-state index contributed by atoms with van der Waals surface area (Å²) in [6.07, 6.45) is 4.75. The molecule has 0 radical (unpaired) electrons. The van der Waals surface area contributed by atoms with Gasteiger partial charge in [0.15, 0.2) is 5.78 Å². The molecule has 3 nitrogen and oxygen atoms in total. The van der Waals surface area contributed by atoms with Crippen LogP contribution in [0.2, 0.25) is 0 Å². The van der Waals surface area contributed by atoms with Crippen molar-refractivity contribution in [1.29, 1.82) is 0 Å². The van der Waals surface area contributed by atoms with E-state index in [4.69, 9.17) is 4.74 Å². The van der Waals surface area contributed by atoms with Crippen LogP contribution in [0.25, 0.3) is 0 Å². The first-order valence-corrected chi connectivity index (χ1v) is 6.38. The summed E-state index contributed by atoms with van der Waals surface area (Å²) < 4.78 is 5.19. The minimum atomic E-state index is 0.124. The van der Waals surface area contributed by atoms with E-state index in [1.807, 2.05) is 12.1 Å². The molecule has 0 bridgehead atoms. The van der Waals surface area contributed by atoms with E-state index < -0.39 is 0 Å². The average Bonchev–Trinajstić information content (AvgIpc) is 2.44. The minimum absolute atomic E-state index is 0.124. The Balaban J connectivity index is 1.77. The lowest BCUT2D eigenvalue weighted by Gasteiger charge is -2.29. The summed E-state index contributed by atoms with van der Waals surface area (Å²) >= 11 is 0. The van der Waals surface area contributed by atoms with Gasteiger partial charge in [-0.15, -0.1) is 0 Å². The number of rotatable bonds is 4. The number of hydrogen-bond acceptors (Lipinski definition) is 3. The number of ketones is 1. The number of aromatic nitrogens is 1. The highest BCUT2D eigenvalue weighted by atomic mass is 16.5. The van der Waals surface area contributed by atoms with Gasteiger partial charge in [-0.05, 0) is 29.5 Å². The van der Waals surface area contributed by atoms with Crippen LogP contribution in [0.5, 0.6) is 5.75 Å². The van der Waals surface area contributed by atoms with Gasteiger partial charge in [0, 0.05) is 12.6 Å². The van der Waals surface area contributed by atoms with E-state index >= 15 is 0 Å². The third kappa shape index (κ3) is 2.12. The van der Waals surface area contributed by atoms with Crippen molar-refractivity contribution in [3.05, 3.63) is 59.4 Å². The number of benzene rings is 1. The van der Waals surface area contributed by atoms with Crippen molar-refractivity contribution in [2.24, 2.45) is 0 Å². The molecule has 0 N–H and O–H groups in total. The number of pyridine rings is 1. The monoisotopic (exact) mass is 253 g/mol. The molecule has 2 aromatic rings. The van der Waals surface area contributed by atoms with Gasteiger partial charge in [-0.2, -0.15) is 0 Å². The third-order valence-electron chi connectivity index (χ3n) is 3.70. The summed E-state index contributed by atoms with van der Waals surface area (Å²) in [4.78, 5) is 16.3. The Morgan fingerprint density at radius 1 is 1.37 bits per heavy atom. The van der Waals surface area contributed by atoms with Crippen molar-refractivity contribution in [2.75, 3.05) is 7.11 Å². The van der Waals surface area contributed by atoms with E-state index in [1.54, 1.807) is 25.6 Å². The smallest absolute Gasteiger partial charge is 0.167 e. The Bertz CT molecular complexity index is 622. The standard InChI is InChI=1S/C16H15NO2/c1-19-16-10-17-7-6-14(16)15(18)9-12-8-11-4-2-3-5-13(11)12/h2-7,10,12H,8-9H2,1H3. The van der Waals surface area contributed by atoms with Crippen LogP contribution in [0.1, 0.15) is 33.8 Å². The molecule has 1 aliphatic rings. The molecule has 1 atom stereocenters. The second-order valence-corrected chi connectivity index (χ2v) is 4.80. The van der Waals surface area contributed by atoms with Gasteiger partial charge < -0.3 is 4.74 Å². The molecular formula is C16H15NO2. The lowest BCUT2D eigenvalue weighted by atomic mass is 9.74. The van der Waals surface area contributed by atoms with E-state index in [-0.39, 0.29) is 5.78 Å². The van der Waals surface area contributed by atoms with Crippen LogP contribution in [0.3, 0.4) is 0 Å². The molecule has 1 aromatic carbocycles. The van der Waals surface area contributed by atoms with E-state index in [1.165, 1.54) is 11.1 Å². The zero-order valence-electron chi connectivity index (χ0n) is 10.8. The summed E-state index contributed by atoms with van der Waals surface area (Å²) in [6, 6.07) is 10.0. The molecule has 0 spiro atoms. The quantitative estimate of drug-likeness (QED) is 0.786. The first-order chi connectivity index (χ1) is 9.29. The fraction of sp³-hybridized carbons (Fsp3) is 0.250. The van der Waals surface area contributed by atoms with Gasteiger partial charge in [0.1, 0.15) is 5.75 Å². The van der Waals surface area contributed by atoms with Gasteiger partial charge in [-0.3, -0.25) is 9.78 Å². The molecule has 3 rings (SSSR count). The Hall–Kier alpha value is -2.16. The second kappa shape index (κ2) is 4.84. The molecule has 0 aliphatic heterocycles. The van der Waals surface area contributed by atoms with E-state index in [9.17, 15) is 4.79 Å². The SMILES string of the molecule is COc1cnccc1C(=O)CC1Cc2ccccc21. The van der Waals surface area contributed by atoms with Crippen LogP contribution in [-0.2, 0) is 6.42 Å². The highest BCUT2D eigenvalue weighted by Crippen LogP contribution is 2.38. The summed E-state index contributed by atoms with van der Waals surface area (Å²) in [5.74, 6) is 1.03. The maximum absolute atomic E-state index is 12.3. The van der Waals surface area contributed by atoms with Crippen molar-refractivity contribution in [1.82, 2.24) is 4.98 Å². The van der Waals surface area contributed by atoms with Crippen LogP contribution in [0.4, 0.5) is 0 Å². The number of carbonyl (C=O) groups is 1. The number of Topliss-reactive ketones (excluding diaryl/α,β-unsaturated/α-hetero) is 1. The molecule has 3 heteroatoms. The van der Waals surface area contributed by atoms with Crippen LogP contribution in [0, 0.1) is 0 Å². The van der Waals surface area contributed by atoms with Gasteiger partial charge in [0.25, 0.3) is 0 Å². The molecule has 1 heterocycles. The number of nitrogens with zero attached hydrogens (tertiary/aromatic N) is 1. The average molecular weight is 253 g/mol. The molecular weight excluding hydrogens is 238 g/mol. The zero-order valence-corrected chi connectivity index (χ0v) is 10.8. The first kappa shape index (κ1) is 11.9. The van der Waals surface area contributed by atoms with Crippen molar-refractivity contribution >= 4 is 5.78 Å². The number of hydrogen-bond donors (Lipinski definition) is 0. The lowest BCUT2D eigenvalue weighted by Crippen LogP contribution is -2.20. The molecule has 0 saturated carbocycles. The highest BCUT2D eigenvalue weighted by molar-refractivity contribution is 5.99. The van der Waals surface area contributed by atoms with Gasteiger partial charge in [-0.1, -0.05) is 24.3 Å². The Kier molecular flexibility index (Phi) is 3.03. The Morgan fingerprint density at radius 3 is 3.00 bits per heavy atom. The maximum atomic E-state index is 12.3. The number of methoxy groups -OCH3 is 1. The van der Waals surface area contributed by atoms with Crippen molar-refractivity contribution in [3.63, 3.8) is 0 Å². The Morgan fingerprint density at radius 2 is 2.21 bits per heavy atom. The zero-order chi connectivity index (χ0) is 13.2. The van der Waals surface area contributed by atoms with E-state index in [0.29, 0.717) is 23.7 Å². The van der Waals surface area contributed by atoms with Crippen LogP contribution >= 0.6 is 0 Å². The van der Waals surface area contributed by atoms with Crippen molar-refractivity contribution < 1.29 is 9.53 Å². The van der Waals surface area contributed by atoms with E-state index in [0.717, 1.165) is 6.42 Å². The normalized spacial score (nSPS) is 16.4. The fourth-order valence-corrected chi connectivity index (χ4v) is 2.65. The van der Waals surface area contributed by atoms with Crippen LogP contribution in [0.15, 0.2) is 42.7 Å². The largest absolute Gasteiger partial charge is 0.494 e. The predicted molar refractivity (Wildman–Crippen MR) is 72.6 cm³/mol. The Labute approximate surface area is 112 Å². The lowest BCUT2D eigenvalue weighted by molar-refractivity contribution is 0.0967. The maximum Gasteiger partial charge on any atom is 0.167 e. The van der Waals surface area contributed by atoms with Gasteiger partial charge in [0.05, 0.1) is 18.9 Å². The van der Waals surface area contributed by atoms with Crippen LogP contribution < -0.4 is 4.74 Å². The molecule has 0 saturated heterocycles. The van der Waals surface area contributed by atoms with Crippen LogP contribution in [-0.4, -0.2) is 17.9 Å². The molecule has 1 unspecified atom stereocenters. The summed E-state index contributed by atoms with van der Waals surface area (Å²) in [5, 5.41) is 0. The van der Waals surface area contributed by atoms with Gasteiger partial charge in [0.2, 0.25) is 0 Å². The summed E-state index contributed by atoms with van der Waals surface area (Å²) in [5.41, 5.74) is 3.30. The van der Waals surface area contributed by atoms with Gasteiger partial charge >= 0.3 is 0 Å². The third-order valence-corrected chi connectivity index (χ3v) is 3.70. The van der Waals surface area contributed by atoms with Gasteiger partial charge in [-0.25, -0.2) is 0 Å². The van der Waals surface area contributed by atoms with Crippen molar-refractivity contribution in [3.8, 4) is 5.75 Å². The summed E-state index contributed by atoms with van der Waals surface area (Å²) in [7, 11) is 1.56. The molecule has 0 fully saturated rings. The molecule has 96 valence electrons. The first-order valence-electron chi connectivity index (χ1n) is 6.38. The molecule has 1 aliphatic carbocycles. The predicted octanol–water partition coefficient (Wildman–Crippen LogP) is 3.00.